The molecule has 2 atom stereocenters. The first-order chi connectivity index (χ1) is 9.00. The van der Waals surface area contributed by atoms with Gasteiger partial charge in [-0.2, -0.15) is 0 Å². The molecule has 1 aromatic carbocycles. The van der Waals surface area contributed by atoms with Crippen molar-refractivity contribution in [2.75, 3.05) is 0 Å². The minimum absolute atomic E-state index is 0.342. The molecule has 2 aromatic rings. The number of aliphatic carboxylic acids is 1. The monoisotopic (exact) mass is 262 g/mol. The summed E-state index contributed by atoms with van der Waals surface area (Å²) in [6, 6.07) is 5.62. The van der Waals surface area contributed by atoms with E-state index < -0.39 is 24.0 Å². The number of para-hydroxylation sites is 1. The Labute approximate surface area is 109 Å². The van der Waals surface area contributed by atoms with Crippen molar-refractivity contribution >= 4 is 22.8 Å². The molecule has 0 fully saturated rings. The second kappa shape index (κ2) is 5.11. The Balaban J connectivity index is 2.29. The molecule has 4 N–H and O–H groups in total. The van der Waals surface area contributed by atoms with Crippen molar-refractivity contribution in [2.24, 2.45) is 0 Å². The molecule has 1 heterocycles. The molecule has 1 aromatic heterocycles. The summed E-state index contributed by atoms with van der Waals surface area (Å²) in [5.74, 6) is -1.82. The predicted octanol–water partition coefficient (Wildman–Crippen LogP) is 0.732. The number of benzene rings is 1. The first-order valence-corrected chi connectivity index (χ1v) is 5.78. The maximum absolute atomic E-state index is 12.1. The zero-order chi connectivity index (χ0) is 14.0. The Kier molecular flexibility index (Phi) is 3.52. The molecule has 0 aliphatic rings. The number of aromatic nitrogens is 1. The van der Waals surface area contributed by atoms with Crippen molar-refractivity contribution in [2.45, 2.75) is 19.1 Å². The van der Waals surface area contributed by atoms with Crippen molar-refractivity contribution in [3.63, 3.8) is 0 Å². The van der Waals surface area contributed by atoms with Crippen molar-refractivity contribution in [3.05, 3.63) is 36.0 Å². The third-order valence-corrected chi connectivity index (χ3v) is 2.87. The Bertz CT molecular complexity index is 618. The fourth-order valence-electron chi connectivity index (χ4n) is 1.88. The van der Waals surface area contributed by atoms with E-state index in [0.29, 0.717) is 11.1 Å². The van der Waals surface area contributed by atoms with E-state index in [1.54, 1.807) is 18.3 Å². The third kappa shape index (κ3) is 2.58. The number of aliphatic hydroxyl groups is 1. The van der Waals surface area contributed by atoms with E-state index in [9.17, 15) is 14.7 Å². The second-order valence-electron chi connectivity index (χ2n) is 4.28. The number of carboxylic acids is 1. The number of aliphatic hydroxyl groups excluding tert-OH is 1. The molecule has 0 aliphatic carbocycles. The number of hydrogen-bond donors (Lipinski definition) is 4. The van der Waals surface area contributed by atoms with Gasteiger partial charge >= 0.3 is 5.97 Å². The number of H-pyrrole nitrogens is 1. The zero-order valence-electron chi connectivity index (χ0n) is 10.3. The highest BCUT2D eigenvalue weighted by atomic mass is 16.4. The van der Waals surface area contributed by atoms with Gasteiger partial charge in [-0.15, -0.1) is 0 Å². The van der Waals surface area contributed by atoms with Crippen LogP contribution in [0.15, 0.2) is 30.5 Å². The van der Waals surface area contributed by atoms with Gasteiger partial charge in [-0.25, -0.2) is 4.79 Å². The Morgan fingerprint density at radius 1 is 1.32 bits per heavy atom. The molecular formula is C13H14N2O4. The molecule has 2 unspecified atom stereocenters. The molecule has 0 saturated carbocycles. The Morgan fingerprint density at radius 3 is 2.68 bits per heavy atom. The van der Waals surface area contributed by atoms with Crippen LogP contribution < -0.4 is 5.32 Å². The average molecular weight is 262 g/mol. The fraction of sp³-hybridized carbons (Fsp3) is 0.231. The summed E-state index contributed by atoms with van der Waals surface area (Å²) in [6.07, 6.45) is 0.523. The van der Waals surface area contributed by atoms with E-state index in [1.165, 1.54) is 6.92 Å². The van der Waals surface area contributed by atoms with E-state index >= 15 is 0 Å². The van der Waals surface area contributed by atoms with Crippen LogP contribution in [0, 0.1) is 0 Å². The molecule has 1 amide bonds. The summed E-state index contributed by atoms with van der Waals surface area (Å²) in [5, 5.41) is 21.4. The van der Waals surface area contributed by atoms with Crippen LogP contribution in [0.4, 0.5) is 0 Å². The highest BCUT2D eigenvalue weighted by Crippen LogP contribution is 2.17. The summed E-state index contributed by atoms with van der Waals surface area (Å²) in [6.45, 7) is 1.31. The molecule has 0 aliphatic heterocycles. The number of rotatable bonds is 4. The first kappa shape index (κ1) is 13.1. The van der Waals surface area contributed by atoms with Crippen molar-refractivity contribution in [1.82, 2.24) is 10.3 Å². The van der Waals surface area contributed by atoms with Gasteiger partial charge in [0.05, 0.1) is 17.2 Å². The summed E-state index contributed by atoms with van der Waals surface area (Å²) >= 11 is 0. The van der Waals surface area contributed by atoms with Gasteiger partial charge in [0, 0.05) is 11.6 Å². The number of fused-ring (bicyclic) bond motifs is 1. The van der Waals surface area contributed by atoms with Crippen molar-refractivity contribution in [1.29, 1.82) is 0 Å². The van der Waals surface area contributed by atoms with Crippen molar-refractivity contribution < 1.29 is 19.8 Å². The molecular weight excluding hydrogens is 248 g/mol. The number of carbonyl (C=O) groups is 2. The molecule has 0 bridgehead atoms. The van der Waals surface area contributed by atoms with Crippen LogP contribution in [-0.2, 0) is 4.79 Å². The third-order valence-electron chi connectivity index (χ3n) is 2.87. The van der Waals surface area contributed by atoms with Crippen LogP contribution in [-0.4, -0.2) is 39.2 Å². The highest BCUT2D eigenvalue weighted by Gasteiger charge is 2.26. The van der Waals surface area contributed by atoms with E-state index in [1.807, 2.05) is 12.1 Å². The minimum atomic E-state index is -1.34. The topological polar surface area (TPSA) is 102 Å². The van der Waals surface area contributed by atoms with Gasteiger partial charge in [0.15, 0.2) is 6.04 Å². The van der Waals surface area contributed by atoms with Crippen molar-refractivity contribution in [3.8, 4) is 0 Å². The van der Waals surface area contributed by atoms with Crippen LogP contribution in [0.2, 0.25) is 0 Å². The minimum Gasteiger partial charge on any atom is -0.480 e. The lowest BCUT2D eigenvalue weighted by Gasteiger charge is -2.17. The molecule has 19 heavy (non-hydrogen) atoms. The number of hydrogen-bond acceptors (Lipinski definition) is 3. The lowest BCUT2D eigenvalue weighted by Crippen LogP contribution is -2.47. The quantitative estimate of drug-likeness (QED) is 0.652. The van der Waals surface area contributed by atoms with Crippen LogP contribution in [0.1, 0.15) is 17.3 Å². The van der Waals surface area contributed by atoms with Gasteiger partial charge in [-0.3, -0.25) is 4.79 Å². The van der Waals surface area contributed by atoms with Gasteiger partial charge < -0.3 is 20.5 Å². The fourth-order valence-corrected chi connectivity index (χ4v) is 1.88. The summed E-state index contributed by atoms with van der Waals surface area (Å²) in [4.78, 5) is 25.9. The maximum Gasteiger partial charge on any atom is 0.328 e. The molecule has 6 nitrogen and oxygen atoms in total. The number of amides is 1. The molecule has 0 radical (unpaired) electrons. The molecule has 0 spiro atoms. The first-order valence-electron chi connectivity index (χ1n) is 5.78. The second-order valence-corrected chi connectivity index (χ2v) is 4.28. The van der Waals surface area contributed by atoms with E-state index in [4.69, 9.17) is 5.11 Å². The van der Waals surface area contributed by atoms with Crippen LogP contribution >= 0.6 is 0 Å². The SMILES string of the molecule is CC(O)C(NC(=O)c1cccc2cc[nH]c12)C(=O)O. The number of carbonyl (C=O) groups excluding carboxylic acids is 1. The van der Waals surface area contributed by atoms with E-state index in [-0.39, 0.29) is 0 Å². The number of carboxylic acid groups (broad SMARTS) is 1. The molecule has 100 valence electrons. The molecule has 2 rings (SSSR count). The van der Waals surface area contributed by atoms with Crippen LogP contribution in [0.25, 0.3) is 10.9 Å². The summed E-state index contributed by atoms with van der Waals surface area (Å²) in [7, 11) is 0. The van der Waals surface area contributed by atoms with E-state index in [2.05, 4.69) is 10.3 Å². The largest absolute Gasteiger partial charge is 0.480 e. The Morgan fingerprint density at radius 2 is 2.05 bits per heavy atom. The van der Waals surface area contributed by atoms with Gasteiger partial charge in [-0.05, 0) is 19.1 Å². The lowest BCUT2D eigenvalue weighted by molar-refractivity contribution is -0.141. The van der Waals surface area contributed by atoms with E-state index in [0.717, 1.165) is 5.39 Å². The molecule has 0 saturated heterocycles. The predicted molar refractivity (Wildman–Crippen MR) is 68.9 cm³/mol. The van der Waals surface area contributed by atoms with Gasteiger partial charge in [0.25, 0.3) is 5.91 Å². The van der Waals surface area contributed by atoms with Gasteiger partial charge in [-0.1, -0.05) is 12.1 Å². The van der Waals surface area contributed by atoms with Gasteiger partial charge in [0.2, 0.25) is 0 Å². The average Bonchev–Trinajstić information content (AvgIpc) is 2.82. The Hall–Kier alpha value is -2.34. The normalized spacial score (nSPS) is 14.0. The van der Waals surface area contributed by atoms with Gasteiger partial charge in [0.1, 0.15) is 0 Å². The number of nitrogens with one attached hydrogen (secondary N) is 2. The molecule has 6 heteroatoms. The lowest BCUT2D eigenvalue weighted by atomic mass is 10.1. The standard InChI is InChI=1S/C13H14N2O4/c1-7(16)10(13(18)19)15-12(17)9-4-2-3-8-5-6-14-11(8)9/h2-7,10,14,16H,1H3,(H,15,17)(H,18,19). The zero-order valence-corrected chi connectivity index (χ0v) is 10.3. The summed E-state index contributed by atoms with van der Waals surface area (Å²) < 4.78 is 0. The van der Waals surface area contributed by atoms with Crippen LogP contribution in [0.5, 0.6) is 0 Å². The smallest absolute Gasteiger partial charge is 0.328 e. The van der Waals surface area contributed by atoms with Crippen LogP contribution in [0.3, 0.4) is 0 Å². The highest BCUT2D eigenvalue weighted by molar-refractivity contribution is 6.06. The number of aromatic amines is 1. The maximum atomic E-state index is 12.1. The summed E-state index contributed by atoms with van der Waals surface area (Å²) in [5.41, 5.74) is 0.976.